The zero-order valence-electron chi connectivity index (χ0n) is 59.5. The van der Waals surface area contributed by atoms with Crippen molar-refractivity contribution < 1.29 is 80.2 Å². The molecule has 0 radical (unpaired) electrons. The molecule has 0 fully saturated rings. The normalized spacial score (nSPS) is 15.1. The molecule has 0 aromatic rings. The smallest absolute Gasteiger partial charge is 0.462 e. The van der Waals surface area contributed by atoms with Crippen molar-refractivity contribution in [1.29, 1.82) is 0 Å². The van der Waals surface area contributed by atoms with Crippen LogP contribution in [0, 0.1) is 23.7 Å². The lowest BCUT2D eigenvalue weighted by molar-refractivity contribution is -0.161. The lowest BCUT2D eigenvalue weighted by Crippen LogP contribution is -2.30. The van der Waals surface area contributed by atoms with Crippen LogP contribution in [0.1, 0.15) is 357 Å². The molecule has 3 N–H and O–H groups in total. The Balaban J connectivity index is 5.22. The molecule has 0 aliphatic carbocycles. The topological polar surface area (TPSA) is 237 Å². The van der Waals surface area contributed by atoms with Gasteiger partial charge in [0.15, 0.2) is 12.2 Å². The highest BCUT2D eigenvalue weighted by molar-refractivity contribution is 7.47. The Bertz CT molecular complexity index is 1800. The van der Waals surface area contributed by atoms with Gasteiger partial charge in [-0.25, -0.2) is 9.13 Å². The predicted octanol–water partition coefficient (Wildman–Crippen LogP) is 20.5. The number of unbranched alkanes of at least 4 members (excludes halogenated alkanes) is 32. The van der Waals surface area contributed by atoms with E-state index >= 15 is 0 Å². The van der Waals surface area contributed by atoms with Crippen LogP contribution in [0.4, 0.5) is 0 Å². The standard InChI is InChI=1S/C72H140O17P2/c1-9-63(6)49-41-33-24-18-16-14-12-13-15-17-19-27-36-44-52-69(74)82-58-67(88-71(76)54-46-38-28-22-20-25-34-42-50-64(7)10-2)60-86-90(78,79)84-56-66(73)57-85-91(80,81)87-61-68(59-83-70(75)53-45-37-31-30-32-40-48-62(4)5)89-72(77)55-47-39-29-23-21-26-35-43-51-65(8)11-3/h62-68,73H,9-61H2,1-8H3,(H,78,79)(H,80,81)/t63?,64?,65?,66-,67-,68-/m1/s1. The molecule has 0 rings (SSSR count). The fourth-order valence-corrected chi connectivity index (χ4v) is 12.3. The minimum absolute atomic E-state index is 0.103. The zero-order chi connectivity index (χ0) is 67.5. The SMILES string of the molecule is CCC(C)CCCCCCCCCCCCCCCCC(=O)OC[C@H](COP(=O)(O)OC[C@@H](O)COP(=O)(O)OC[C@@H](COC(=O)CCCCCCCCC(C)C)OC(=O)CCCCCCCCCCC(C)CC)OC(=O)CCCCCCCCCCC(C)CC. The monoisotopic (exact) mass is 1340 g/mol. The number of carbonyl (C=O) groups excluding carboxylic acids is 4. The van der Waals surface area contributed by atoms with Crippen molar-refractivity contribution in [2.24, 2.45) is 23.7 Å². The van der Waals surface area contributed by atoms with Crippen molar-refractivity contribution in [3.05, 3.63) is 0 Å². The molecule has 0 heterocycles. The maximum absolute atomic E-state index is 13.0. The minimum atomic E-state index is -4.95. The number of esters is 4. The van der Waals surface area contributed by atoms with Gasteiger partial charge in [0.1, 0.15) is 19.3 Å². The van der Waals surface area contributed by atoms with E-state index < -0.39 is 97.5 Å². The third kappa shape index (κ3) is 62.6. The maximum atomic E-state index is 13.0. The fourth-order valence-electron chi connectivity index (χ4n) is 10.7. The first kappa shape index (κ1) is 89.1. The van der Waals surface area contributed by atoms with Gasteiger partial charge in [-0.15, -0.1) is 0 Å². The molecule has 0 aromatic carbocycles. The van der Waals surface area contributed by atoms with Gasteiger partial charge in [-0.1, -0.05) is 306 Å². The molecule has 8 atom stereocenters. The van der Waals surface area contributed by atoms with E-state index in [1.54, 1.807) is 0 Å². The molecule has 0 aliphatic heterocycles. The van der Waals surface area contributed by atoms with Gasteiger partial charge in [-0.2, -0.15) is 0 Å². The van der Waals surface area contributed by atoms with Gasteiger partial charge < -0.3 is 33.8 Å². The lowest BCUT2D eigenvalue weighted by atomic mass is 9.99. The Labute approximate surface area is 556 Å². The first-order chi connectivity index (χ1) is 43.7. The maximum Gasteiger partial charge on any atom is 0.472 e. The second-order valence-corrected chi connectivity index (χ2v) is 30.1. The third-order valence-corrected chi connectivity index (χ3v) is 19.6. The van der Waals surface area contributed by atoms with Crippen LogP contribution in [-0.4, -0.2) is 96.7 Å². The highest BCUT2D eigenvalue weighted by Gasteiger charge is 2.30. The van der Waals surface area contributed by atoms with Crippen molar-refractivity contribution >= 4 is 39.5 Å². The van der Waals surface area contributed by atoms with Crippen molar-refractivity contribution in [1.82, 2.24) is 0 Å². The van der Waals surface area contributed by atoms with Crippen LogP contribution in [-0.2, 0) is 65.4 Å². The van der Waals surface area contributed by atoms with Crippen LogP contribution in [0.15, 0.2) is 0 Å². The van der Waals surface area contributed by atoms with Crippen molar-refractivity contribution in [3.8, 4) is 0 Å². The Kier molecular flexibility index (Phi) is 60.3. The molecule has 0 aromatic heterocycles. The number of phosphoric ester groups is 2. The molecule has 5 unspecified atom stereocenters. The summed E-state index contributed by atoms with van der Waals surface area (Å²) >= 11 is 0. The number of hydrogen-bond acceptors (Lipinski definition) is 15. The molecule has 19 heteroatoms. The number of aliphatic hydroxyl groups is 1. The van der Waals surface area contributed by atoms with Gasteiger partial charge >= 0.3 is 39.5 Å². The van der Waals surface area contributed by atoms with E-state index in [1.165, 1.54) is 154 Å². The van der Waals surface area contributed by atoms with E-state index in [2.05, 4.69) is 55.4 Å². The van der Waals surface area contributed by atoms with Crippen LogP contribution < -0.4 is 0 Å². The second kappa shape index (κ2) is 61.6. The van der Waals surface area contributed by atoms with Gasteiger partial charge in [-0.05, 0) is 49.4 Å². The van der Waals surface area contributed by atoms with Crippen molar-refractivity contribution in [2.75, 3.05) is 39.6 Å². The van der Waals surface area contributed by atoms with E-state index in [1.807, 2.05) is 0 Å². The number of ether oxygens (including phenoxy) is 4. The number of aliphatic hydroxyl groups excluding tert-OH is 1. The van der Waals surface area contributed by atoms with Gasteiger partial charge in [-0.3, -0.25) is 37.3 Å². The summed E-state index contributed by atoms with van der Waals surface area (Å²) in [4.78, 5) is 72.6. The van der Waals surface area contributed by atoms with Crippen LogP contribution in [0.2, 0.25) is 0 Å². The fraction of sp³-hybridized carbons (Fsp3) is 0.944. The van der Waals surface area contributed by atoms with E-state index in [0.29, 0.717) is 31.6 Å². The number of carbonyl (C=O) groups is 4. The van der Waals surface area contributed by atoms with Crippen LogP contribution in [0.5, 0.6) is 0 Å². The summed E-state index contributed by atoms with van der Waals surface area (Å²) in [5, 5.41) is 10.6. The summed E-state index contributed by atoms with van der Waals surface area (Å²) in [5.74, 6) is 0.937. The molecular weight excluding hydrogens is 1200 g/mol. The molecular formula is C72H140O17P2. The van der Waals surface area contributed by atoms with Crippen molar-refractivity contribution in [3.63, 3.8) is 0 Å². The Morgan fingerprint density at radius 1 is 0.308 bits per heavy atom. The molecule has 91 heavy (non-hydrogen) atoms. The van der Waals surface area contributed by atoms with Crippen LogP contribution in [0.3, 0.4) is 0 Å². The number of phosphoric acid groups is 2. The number of rotatable bonds is 69. The predicted molar refractivity (Wildman–Crippen MR) is 367 cm³/mol. The van der Waals surface area contributed by atoms with E-state index in [-0.39, 0.29) is 25.7 Å². The van der Waals surface area contributed by atoms with Crippen molar-refractivity contribution in [2.45, 2.75) is 375 Å². The second-order valence-electron chi connectivity index (χ2n) is 27.2. The summed E-state index contributed by atoms with van der Waals surface area (Å²) in [5.41, 5.74) is 0. The average Bonchev–Trinajstić information content (AvgIpc) is 3.74. The zero-order valence-corrected chi connectivity index (χ0v) is 61.3. The molecule has 0 spiro atoms. The van der Waals surface area contributed by atoms with E-state index in [9.17, 15) is 43.2 Å². The highest BCUT2D eigenvalue weighted by Crippen LogP contribution is 2.45. The average molecular weight is 1340 g/mol. The van der Waals surface area contributed by atoms with Crippen LogP contribution in [0.25, 0.3) is 0 Å². The highest BCUT2D eigenvalue weighted by atomic mass is 31.2. The van der Waals surface area contributed by atoms with Crippen LogP contribution >= 0.6 is 15.6 Å². The Hall–Kier alpha value is -1.94. The Morgan fingerprint density at radius 2 is 0.527 bits per heavy atom. The first-order valence-corrected chi connectivity index (χ1v) is 40.3. The summed E-state index contributed by atoms with van der Waals surface area (Å²) in [6.45, 7) is 14.1. The summed E-state index contributed by atoms with van der Waals surface area (Å²) < 4.78 is 68.3. The van der Waals surface area contributed by atoms with Gasteiger partial charge in [0.25, 0.3) is 0 Å². The largest absolute Gasteiger partial charge is 0.472 e. The van der Waals surface area contributed by atoms with E-state index in [4.69, 9.17) is 37.0 Å². The van der Waals surface area contributed by atoms with E-state index in [0.717, 1.165) is 114 Å². The quantitative estimate of drug-likeness (QED) is 0.0222. The third-order valence-electron chi connectivity index (χ3n) is 17.7. The molecule has 0 aliphatic rings. The summed E-state index contributed by atoms with van der Waals surface area (Å²) in [6, 6.07) is 0. The summed E-state index contributed by atoms with van der Waals surface area (Å²) in [7, 11) is -9.90. The molecule has 0 bridgehead atoms. The Morgan fingerprint density at radius 3 is 0.780 bits per heavy atom. The molecule has 540 valence electrons. The number of hydrogen-bond donors (Lipinski definition) is 3. The first-order valence-electron chi connectivity index (χ1n) is 37.3. The minimum Gasteiger partial charge on any atom is -0.462 e. The van der Waals surface area contributed by atoms with Gasteiger partial charge in [0.05, 0.1) is 26.4 Å². The molecule has 17 nitrogen and oxygen atoms in total. The summed E-state index contributed by atoms with van der Waals surface area (Å²) in [6.07, 6.45) is 44.5. The lowest BCUT2D eigenvalue weighted by Gasteiger charge is -2.21. The molecule has 0 saturated heterocycles. The van der Waals surface area contributed by atoms with Gasteiger partial charge in [0, 0.05) is 25.7 Å². The molecule has 0 amide bonds. The molecule has 0 saturated carbocycles. The van der Waals surface area contributed by atoms with Gasteiger partial charge in [0.2, 0.25) is 0 Å².